The smallest absolute Gasteiger partial charge is 0.410 e. The molecule has 0 aliphatic carbocycles. The summed E-state index contributed by atoms with van der Waals surface area (Å²) < 4.78 is 11.2. The molecule has 0 saturated carbocycles. The number of thioether (sulfide) groups is 2. The van der Waals surface area contributed by atoms with E-state index in [0.717, 1.165) is 0 Å². The highest BCUT2D eigenvalue weighted by atomic mass is 32.2. The van der Waals surface area contributed by atoms with E-state index in [0.29, 0.717) is 29.3 Å². The standard InChI is InChI=1S/C23H25N3O8S2/c1-3-10-33-23(30)24-9-8-16(11-24)35-22-18(25-19(28)17(13(2)27)20(25)36-22)21(29)34-12-14-4-6-15(7-5-14)26(31)32/h3-7,13,16-17,20,27H,1,8-12H2,2H3/t13-,16-,17+,20+/m0/s1. The molecule has 3 heterocycles. The first-order valence-electron chi connectivity index (χ1n) is 11.2. The van der Waals surface area contributed by atoms with Gasteiger partial charge < -0.3 is 19.5 Å². The third-order valence-electron chi connectivity index (χ3n) is 5.98. The van der Waals surface area contributed by atoms with Crippen LogP contribution in [0.4, 0.5) is 10.5 Å². The van der Waals surface area contributed by atoms with E-state index in [-0.39, 0.29) is 35.8 Å². The highest BCUT2D eigenvalue weighted by Crippen LogP contribution is 2.55. The Bertz CT molecular complexity index is 1110. The first kappa shape index (κ1) is 26.0. The maximum Gasteiger partial charge on any atom is 0.410 e. The molecule has 3 aliphatic heterocycles. The second kappa shape index (κ2) is 10.9. The molecule has 4 rings (SSSR count). The Morgan fingerprint density at radius 1 is 1.36 bits per heavy atom. The van der Waals surface area contributed by atoms with Gasteiger partial charge in [0.25, 0.3) is 5.69 Å². The van der Waals surface area contributed by atoms with Crippen molar-refractivity contribution in [2.75, 3.05) is 19.7 Å². The summed E-state index contributed by atoms with van der Waals surface area (Å²) in [5.41, 5.74) is 0.620. The zero-order valence-electron chi connectivity index (χ0n) is 19.4. The summed E-state index contributed by atoms with van der Waals surface area (Å²) in [4.78, 5) is 51.3. The molecular formula is C23H25N3O8S2. The minimum atomic E-state index is -0.866. The molecule has 36 heavy (non-hydrogen) atoms. The molecule has 11 nitrogen and oxygen atoms in total. The number of β-lactam (4-membered cyclic amide) rings is 1. The number of aliphatic hydroxyl groups is 1. The zero-order valence-corrected chi connectivity index (χ0v) is 21.0. The number of nitro groups is 1. The number of aliphatic hydroxyl groups excluding tert-OH is 1. The molecule has 2 amide bonds. The third-order valence-corrected chi connectivity index (χ3v) is 8.83. The lowest BCUT2D eigenvalue weighted by molar-refractivity contribution is -0.384. The van der Waals surface area contributed by atoms with Crippen molar-refractivity contribution in [2.45, 2.75) is 36.7 Å². The molecular weight excluding hydrogens is 510 g/mol. The molecule has 3 aliphatic rings. The van der Waals surface area contributed by atoms with Crippen molar-refractivity contribution in [3.05, 3.63) is 62.5 Å². The minimum absolute atomic E-state index is 0.0138. The van der Waals surface area contributed by atoms with Gasteiger partial charge in [0.2, 0.25) is 5.91 Å². The first-order valence-corrected chi connectivity index (χ1v) is 13.0. The fourth-order valence-electron chi connectivity index (χ4n) is 4.12. The maximum atomic E-state index is 13.1. The van der Waals surface area contributed by atoms with Gasteiger partial charge in [-0.25, -0.2) is 9.59 Å². The van der Waals surface area contributed by atoms with Crippen molar-refractivity contribution in [1.29, 1.82) is 0 Å². The van der Waals surface area contributed by atoms with Gasteiger partial charge in [-0.1, -0.05) is 24.4 Å². The van der Waals surface area contributed by atoms with Gasteiger partial charge in [0, 0.05) is 30.5 Å². The summed E-state index contributed by atoms with van der Waals surface area (Å²) >= 11 is 2.75. The Balaban J connectivity index is 1.46. The predicted octanol–water partition coefficient (Wildman–Crippen LogP) is 2.85. The van der Waals surface area contributed by atoms with Crippen LogP contribution in [0.2, 0.25) is 0 Å². The van der Waals surface area contributed by atoms with Crippen molar-refractivity contribution < 1.29 is 33.9 Å². The van der Waals surface area contributed by atoms with Crippen LogP contribution in [0.3, 0.4) is 0 Å². The SMILES string of the molecule is C=CCOC(=O)N1CC[C@H](SC2=C(C(=O)OCc3ccc([N+](=O)[O-])cc3)N3C(=O)[C@@H]([C@H](C)O)[C@H]3S2)C1. The highest BCUT2D eigenvalue weighted by Gasteiger charge is 2.58. The molecule has 1 aromatic carbocycles. The molecule has 192 valence electrons. The Labute approximate surface area is 215 Å². The van der Waals surface area contributed by atoms with Crippen molar-refractivity contribution >= 4 is 47.2 Å². The number of non-ortho nitro benzene ring substituents is 1. The van der Waals surface area contributed by atoms with E-state index in [2.05, 4.69) is 6.58 Å². The third kappa shape index (κ3) is 5.22. The lowest BCUT2D eigenvalue weighted by atomic mass is 9.92. The predicted molar refractivity (Wildman–Crippen MR) is 132 cm³/mol. The Morgan fingerprint density at radius 2 is 2.08 bits per heavy atom. The van der Waals surface area contributed by atoms with Gasteiger partial charge in [0.05, 0.1) is 21.2 Å². The van der Waals surface area contributed by atoms with Gasteiger partial charge >= 0.3 is 12.1 Å². The molecule has 0 bridgehead atoms. The van der Waals surface area contributed by atoms with Crippen LogP contribution in [0.15, 0.2) is 46.9 Å². The summed E-state index contributed by atoms with van der Waals surface area (Å²) in [6, 6.07) is 5.64. The van der Waals surface area contributed by atoms with E-state index >= 15 is 0 Å². The normalized spacial score (nSPS) is 23.7. The highest BCUT2D eigenvalue weighted by molar-refractivity contribution is 8.23. The van der Waals surface area contributed by atoms with Crippen LogP contribution in [0.5, 0.6) is 0 Å². The monoisotopic (exact) mass is 535 g/mol. The quantitative estimate of drug-likeness (QED) is 0.165. The number of ether oxygens (including phenoxy) is 2. The van der Waals surface area contributed by atoms with Crippen molar-refractivity contribution in [3.8, 4) is 0 Å². The van der Waals surface area contributed by atoms with Crippen molar-refractivity contribution in [3.63, 3.8) is 0 Å². The number of nitro benzene ring substituents is 1. The van der Waals surface area contributed by atoms with Crippen LogP contribution in [-0.4, -0.2) is 74.2 Å². The second-order valence-corrected chi connectivity index (χ2v) is 11.2. The fourth-order valence-corrected chi connectivity index (χ4v) is 7.44. The van der Waals surface area contributed by atoms with Gasteiger partial charge in [-0.3, -0.25) is 19.8 Å². The molecule has 4 atom stereocenters. The number of carbonyl (C=O) groups excluding carboxylic acids is 3. The molecule has 13 heteroatoms. The summed E-state index contributed by atoms with van der Waals surface area (Å²) in [5.74, 6) is -1.66. The number of fused-ring (bicyclic) bond motifs is 1. The van der Waals surface area contributed by atoms with Gasteiger partial charge in [-0.05, 0) is 31.0 Å². The Kier molecular flexibility index (Phi) is 7.91. The fraction of sp³-hybridized carbons (Fsp3) is 0.435. The number of hydrogen-bond acceptors (Lipinski definition) is 10. The van der Waals surface area contributed by atoms with Crippen LogP contribution in [-0.2, 0) is 25.7 Å². The molecule has 0 unspecified atom stereocenters. The number of likely N-dealkylation sites (tertiary alicyclic amines) is 1. The Morgan fingerprint density at radius 3 is 2.72 bits per heavy atom. The number of esters is 1. The van der Waals surface area contributed by atoms with Crippen LogP contribution in [0, 0.1) is 16.0 Å². The Hall–Kier alpha value is -3.03. The van der Waals surface area contributed by atoms with Gasteiger partial charge in [-0.2, -0.15) is 0 Å². The number of carbonyl (C=O) groups is 3. The number of nitrogens with zero attached hydrogens (tertiary/aromatic N) is 3. The number of rotatable bonds is 9. The second-order valence-electron chi connectivity index (χ2n) is 8.46. The largest absolute Gasteiger partial charge is 0.456 e. The summed E-state index contributed by atoms with van der Waals surface area (Å²) in [7, 11) is 0. The van der Waals surface area contributed by atoms with E-state index in [1.165, 1.54) is 58.8 Å². The number of hydrogen-bond donors (Lipinski definition) is 1. The van der Waals surface area contributed by atoms with E-state index in [9.17, 15) is 29.6 Å². The van der Waals surface area contributed by atoms with Crippen LogP contribution in [0.1, 0.15) is 18.9 Å². The van der Waals surface area contributed by atoms with Crippen molar-refractivity contribution in [1.82, 2.24) is 9.80 Å². The average Bonchev–Trinajstić information content (AvgIpc) is 3.44. The van der Waals surface area contributed by atoms with E-state index in [4.69, 9.17) is 9.47 Å². The van der Waals surface area contributed by atoms with Gasteiger partial charge in [0.1, 0.15) is 18.6 Å². The number of benzene rings is 1. The zero-order chi connectivity index (χ0) is 26.0. The van der Waals surface area contributed by atoms with Gasteiger partial charge in [0.15, 0.2) is 5.70 Å². The lowest BCUT2D eigenvalue weighted by Gasteiger charge is -2.43. The maximum absolute atomic E-state index is 13.1. The molecule has 1 N–H and O–H groups in total. The molecule has 0 aromatic heterocycles. The summed E-state index contributed by atoms with van der Waals surface area (Å²) in [6.45, 7) is 6.00. The number of amides is 2. The summed E-state index contributed by atoms with van der Waals surface area (Å²) in [5, 5.41) is 20.5. The molecule has 2 saturated heterocycles. The molecule has 2 fully saturated rings. The average molecular weight is 536 g/mol. The molecule has 1 aromatic rings. The van der Waals surface area contributed by atoms with E-state index in [1.807, 2.05) is 0 Å². The minimum Gasteiger partial charge on any atom is -0.456 e. The topological polar surface area (TPSA) is 140 Å². The van der Waals surface area contributed by atoms with Gasteiger partial charge in [-0.15, -0.1) is 11.8 Å². The van der Waals surface area contributed by atoms with Crippen molar-refractivity contribution in [2.24, 2.45) is 5.92 Å². The first-order chi connectivity index (χ1) is 17.2. The summed E-state index contributed by atoms with van der Waals surface area (Å²) in [6.07, 6.45) is 0.882. The molecule has 0 radical (unpaired) electrons. The van der Waals surface area contributed by atoms with E-state index < -0.39 is 34.4 Å². The van der Waals surface area contributed by atoms with Crippen LogP contribution < -0.4 is 0 Å². The lowest BCUT2D eigenvalue weighted by Crippen LogP contribution is -2.60. The van der Waals surface area contributed by atoms with Crippen LogP contribution in [0.25, 0.3) is 0 Å². The molecule has 0 spiro atoms. The van der Waals surface area contributed by atoms with E-state index in [1.54, 1.807) is 11.8 Å². The van der Waals surface area contributed by atoms with Crippen LogP contribution >= 0.6 is 23.5 Å².